The molecule has 4 aliphatic carbocycles. The highest BCUT2D eigenvalue weighted by Gasteiger charge is 2.60. The van der Waals surface area contributed by atoms with Gasteiger partial charge in [0, 0.05) is 0 Å². The van der Waals surface area contributed by atoms with Crippen molar-refractivity contribution in [3.05, 3.63) is 0 Å². The van der Waals surface area contributed by atoms with Crippen molar-refractivity contribution in [1.82, 2.24) is 0 Å². The number of rotatable bonds is 6. The lowest BCUT2D eigenvalue weighted by atomic mass is 9.44. The summed E-state index contributed by atoms with van der Waals surface area (Å²) in [6.07, 6.45) is 6.90. The number of aliphatic hydroxyl groups excluding tert-OH is 3. The molecule has 5 nitrogen and oxygen atoms in total. The SMILES string of the molecule is CC(CC1(C2CC(O)C2)CC(O)C1)C1(C2CC(O)C2)CC([SH](=O)=O)C1. The maximum absolute atomic E-state index is 11.4. The summed E-state index contributed by atoms with van der Waals surface area (Å²) in [6.45, 7) is 2.26. The minimum Gasteiger partial charge on any atom is -0.393 e. The Morgan fingerprint density at radius 2 is 1.40 bits per heavy atom. The van der Waals surface area contributed by atoms with Crippen LogP contribution in [0.4, 0.5) is 0 Å². The van der Waals surface area contributed by atoms with Crippen molar-refractivity contribution in [3.8, 4) is 0 Å². The van der Waals surface area contributed by atoms with Gasteiger partial charge in [0.25, 0.3) is 0 Å². The zero-order chi connectivity index (χ0) is 18.0. The molecule has 0 aromatic carbocycles. The van der Waals surface area contributed by atoms with Gasteiger partial charge in [0.15, 0.2) is 0 Å². The number of hydrogen-bond donors (Lipinski definition) is 4. The van der Waals surface area contributed by atoms with Crippen LogP contribution >= 0.6 is 0 Å². The Morgan fingerprint density at radius 1 is 0.880 bits per heavy atom. The summed E-state index contributed by atoms with van der Waals surface area (Å²) in [7, 11) is -2.35. The van der Waals surface area contributed by atoms with Crippen LogP contribution in [0.3, 0.4) is 0 Å². The van der Waals surface area contributed by atoms with Gasteiger partial charge in [-0.15, -0.1) is 0 Å². The maximum atomic E-state index is 11.4. The fourth-order valence-electron chi connectivity index (χ4n) is 6.61. The summed E-state index contributed by atoms with van der Waals surface area (Å²) in [5.74, 6) is 1.35. The lowest BCUT2D eigenvalue weighted by molar-refractivity contribution is -0.160. The summed E-state index contributed by atoms with van der Waals surface area (Å²) >= 11 is 0. The van der Waals surface area contributed by atoms with Crippen LogP contribution < -0.4 is 0 Å². The Labute approximate surface area is 151 Å². The molecule has 4 fully saturated rings. The van der Waals surface area contributed by atoms with Crippen molar-refractivity contribution in [2.75, 3.05) is 0 Å². The van der Waals surface area contributed by atoms with E-state index in [1.165, 1.54) is 0 Å². The summed E-state index contributed by atoms with van der Waals surface area (Å²) < 4.78 is 22.8. The van der Waals surface area contributed by atoms with Crippen molar-refractivity contribution in [1.29, 1.82) is 0 Å². The first-order chi connectivity index (χ1) is 11.7. The van der Waals surface area contributed by atoms with Crippen molar-refractivity contribution < 1.29 is 23.7 Å². The van der Waals surface area contributed by atoms with Gasteiger partial charge in [0.05, 0.1) is 23.6 Å². The highest BCUT2D eigenvalue weighted by Crippen LogP contribution is 2.65. The lowest BCUT2D eigenvalue weighted by Crippen LogP contribution is -2.58. The minimum atomic E-state index is -2.35. The summed E-state index contributed by atoms with van der Waals surface area (Å²) in [6, 6.07) is 0. The van der Waals surface area contributed by atoms with Crippen molar-refractivity contribution in [2.24, 2.45) is 28.6 Å². The van der Waals surface area contributed by atoms with Crippen molar-refractivity contribution in [2.45, 2.75) is 88.3 Å². The van der Waals surface area contributed by atoms with Crippen LogP contribution in [0, 0.1) is 28.6 Å². The van der Waals surface area contributed by atoms with E-state index in [0.29, 0.717) is 17.8 Å². The van der Waals surface area contributed by atoms with Crippen LogP contribution in [0.25, 0.3) is 0 Å². The van der Waals surface area contributed by atoms with Crippen molar-refractivity contribution in [3.63, 3.8) is 0 Å². The first kappa shape index (κ1) is 18.2. The van der Waals surface area contributed by atoms with Gasteiger partial charge in [0.2, 0.25) is 0 Å². The predicted molar refractivity (Wildman–Crippen MR) is 94.7 cm³/mol. The fourth-order valence-corrected chi connectivity index (χ4v) is 7.59. The van der Waals surface area contributed by atoms with Gasteiger partial charge >= 0.3 is 0 Å². The van der Waals surface area contributed by atoms with E-state index in [0.717, 1.165) is 57.8 Å². The summed E-state index contributed by atoms with van der Waals surface area (Å²) in [5.41, 5.74) is 0.188. The van der Waals surface area contributed by atoms with Gasteiger partial charge in [0.1, 0.15) is 10.7 Å². The second kappa shape index (κ2) is 6.18. The van der Waals surface area contributed by atoms with Crippen molar-refractivity contribution >= 4 is 10.7 Å². The van der Waals surface area contributed by atoms with Gasteiger partial charge in [-0.2, -0.15) is 0 Å². The molecule has 0 spiro atoms. The van der Waals surface area contributed by atoms with Crippen LogP contribution in [0.5, 0.6) is 0 Å². The van der Waals surface area contributed by atoms with E-state index < -0.39 is 10.7 Å². The van der Waals surface area contributed by atoms with Gasteiger partial charge in [-0.05, 0) is 86.4 Å². The van der Waals surface area contributed by atoms with Gasteiger partial charge < -0.3 is 15.3 Å². The van der Waals surface area contributed by atoms with Crippen LogP contribution in [-0.2, 0) is 10.7 Å². The zero-order valence-corrected chi connectivity index (χ0v) is 15.9. The molecule has 0 radical (unpaired) electrons. The smallest absolute Gasteiger partial charge is 0.143 e. The maximum Gasteiger partial charge on any atom is 0.143 e. The largest absolute Gasteiger partial charge is 0.393 e. The van der Waals surface area contributed by atoms with E-state index in [4.69, 9.17) is 0 Å². The average Bonchev–Trinajstić information content (AvgIpc) is 2.38. The molecular weight excluding hydrogens is 340 g/mol. The van der Waals surface area contributed by atoms with E-state index >= 15 is 0 Å². The molecule has 0 aromatic heterocycles. The van der Waals surface area contributed by atoms with E-state index in [1.54, 1.807) is 0 Å². The zero-order valence-electron chi connectivity index (χ0n) is 15.0. The molecule has 144 valence electrons. The molecule has 1 unspecified atom stereocenters. The molecule has 0 amide bonds. The Morgan fingerprint density at radius 3 is 1.84 bits per heavy atom. The number of thiol groups is 1. The molecule has 1 atom stereocenters. The second-order valence-corrected chi connectivity index (χ2v) is 11.1. The van der Waals surface area contributed by atoms with Gasteiger partial charge in [-0.1, -0.05) is 6.92 Å². The molecule has 25 heavy (non-hydrogen) atoms. The lowest BCUT2D eigenvalue weighted by Gasteiger charge is -2.62. The van der Waals surface area contributed by atoms with E-state index in [1.807, 2.05) is 0 Å². The van der Waals surface area contributed by atoms with Crippen LogP contribution in [0.2, 0.25) is 0 Å². The third kappa shape index (κ3) is 2.88. The molecule has 4 aliphatic rings. The number of hydrogen-bond acceptors (Lipinski definition) is 5. The summed E-state index contributed by atoms with van der Waals surface area (Å²) in [5, 5.41) is 29.2. The van der Waals surface area contributed by atoms with Crippen LogP contribution in [0.15, 0.2) is 0 Å². The fraction of sp³-hybridized carbons (Fsp3) is 1.00. The molecule has 6 heteroatoms. The third-order valence-corrected chi connectivity index (χ3v) is 9.37. The first-order valence-corrected chi connectivity index (χ1v) is 11.2. The quantitative estimate of drug-likeness (QED) is 0.530. The Balaban J connectivity index is 1.48. The molecule has 0 saturated heterocycles. The Kier molecular flexibility index (Phi) is 4.50. The second-order valence-electron chi connectivity index (χ2n) is 9.75. The van der Waals surface area contributed by atoms with Gasteiger partial charge in [-0.3, -0.25) is 0 Å². The van der Waals surface area contributed by atoms with E-state index in [-0.39, 0.29) is 34.4 Å². The first-order valence-electron chi connectivity index (χ1n) is 9.92. The minimum absolute atomic E-state index is 0.0508. The van der Waals surface area contributed by atoms with E-state index in [9.17, 15) is 23.7 Å². The normalized spacial score (nSPS) is 53.3. The van der Waals surface area contributed by atoms with E-state index in [2.05, 4.69) is 6.92 Å². The molecule has 0 heterocycles. The standard InChI is InChI=1S/C19H32O5S/c1-11(6-18(7-16(22)8-18)12-2-14(20)3-12)19(13-4-15(21)5-13)9-17(10-19)25(23)24/h11-17,20-22,25H,2-10H2,1H3. The molecule has 4 saturated carbocycles. The molecule has 4 rings (SSSR count). The Hall–Kier alpha value is -0.170. The molecular formula is C19H32O5S. The topological polar surface area (TPSA) is 94.8 Å². The predicted octanol–water partition coefficient (Wildman–Crippen LogP) is 1.46. The Bertz CT molecular complexity index is 571. The molecule has 3 N–H and O–H groups in total. The molecule has 0 aliphatic heterocycles. The summed E-state index contributed by atoms with van der Waals surface area (Å²) in [4.78, 5) is 0. The van der Waals surface area contributed by atoms with Crippen LogP contribution in [0.1, 0.15) is 64.7 Å². The monoisotopic (exact) mass is 372 g/mol. The third-order valence-electron chi connectivity index (χ3n) is 8.41. The average molecular weight is 373 g/mol. The highest BCUT2D eigenvalue weighted by molar-refractivity contribution is 7.73. The molecule has 0 aromatic rings. The molecule has 0 bridgehead atoms. The highest BCUT2D eigenvalue weighted by atomic mass is 32.2. The van der Waals surface area contributed by atoms with Crippen LogP contribution in [-0.4, -0.2) is 47.3 Å². The number of aliphatic hydroxyl groups is 3. The van der Waals surface area contributed by atoms with Gasteiger partial charge in [-0.25, -0.2) is 8.42 Å².